The first kappa shape index (κ1) is 13.0. The molecule has 0 amide bonds. The summed E-state index contributed by atoms with van der Waals surface area (Å²) >= 11 is 1.50. The van der Waals surface area contributed by atoms with Crippen LogP contribution in [-0.2, 0) is 13.0 Å². The van der Waals surface area contributed by atoms with E-state index >= 15 is 0 Å². The molecule has 5 nitrogen and oxygen atoms in total. The third kappa shape index (κ3) is 3.30. The number of H-pyrrole nitrogens is 1. The molecule has 2 aromatic heterocycles. The monoisotopic (exact) mass is 265 g/mol. The quantitative estimate of drug-likeness (QED) is 0.696. The molecule has 0 aliphatic rings. The number of aryl methyl sites for hydroxylation is 3. The van der Waals surface area contributed by atoms with Gasteiger partial charge in [-0.15, -0.1) is 11.3 Å². The fourth-order valence-electron chi connectivity index (χ4n) is 1.88. The standard InChI is InChI=1S/C12H19N5S/c1-8-11(9(2)17-16-8)6-14-5-3-4-10-7-18-12(13)15-10/h7,14H,3-6H2,1-2H3,(H2,13,15)(H,16,17). The zero-order valence-corrected chi connectivity index (χ0v) is 11.6. The number of nitrogens with one attached hydrogen (secondary N) is 2. The van der Waals surface area contributed by atoms with Gasteiger partial charge in [-0.1, -0.05) is 0 Å². The Hall–Kier alpha value is -1.40. The van der Waals surface area contributed by atoms with Gasteiger partial charge in [0.05, 0.1) is 11.4 Å². The Morgan fingerprint density at radius 2 is 2.28 bits per heavy atom. The van der Waals surface area contributed by atoms with Crippen molar-refractivity contribution >= 4 is 16.5 Å². The molecular weight excluding hydrogens is 246 g/mol. The first-order valence-corrected chi connectivity index (χ1v) is 6.96. The summed E-state index contributed by atoms with van der Waals surface area (Å²) in [7, 11) is 0. The molecule has 6 heteroatoms. The second-order valence-corrected chi connectivity index (χ2v) is 5.26. The molecule has 2 rings (SSSR count). The Morgan fingerprint density at radius 1 is 1.44 bits per heavy atom. The van der Waals surface area contributed by atoms with E-state index in [-0.39, 0.29) is 0 Å². The van der Waals surface area contributed by atoms with Crippen LogP contribution in [0.4, 0.5) is 5.13 Å². The van der Waals surface area contributed by atoms with E-state index in [1.807, 2.05) is 12.3 Å². The fourth-order valence-corrected chi connectivity index (χ4v) is 2.48. The van der Waals surface area contributed by atoms with Crippen molar-refractivity contribution in [1.29, 1.82) is 0 Å². The third-order valence-corrected chi connectivity index (χ3v) is 3.66. The minimum absolute atomic E-state index is 0.655. The van der Waals surface area contributed by atoms with Crippen LogP contribution in [0.5, 0.6) is 0 Å². The molecule has 4 N–H and O–H groups in total. The van der Waals surface area contributed by atoms with E-state index in [1.165, 1.54) is 16.9 Å². The van der Waals surface area contributed by atoms with Crippen LogP contribution < -0.4 is 11.1 Å². The summed E-state index contributed by atoms with van der Waals surface area (Å²) in [6, 6.07) is 0. The summed E-state index contributed by atoms with van der Waals surface area (Å²) in [4.78, 5) is 4.24. The van der Waals surface area contributed by atoms with Crippen LogP contribution in [0, 0.1) is 13.8 Å². The topological polar surface area (TPSA) is 79.6 Å². The molecule has 18 heavy (non-hydrogen) atoms. The molecule has 0 bridgehead atoms. The van der Waals surface area contributed by atoms with Crippen molar-refractivity contribution < 1.29 is 0 Å². The highest BCUT2D eigenvalue weighted by atomic mass is 32.1. The summed E-state index contributed by atoms with van der Waals surface area (Å²) in [6.45, 7) is 5.92. The lowest BCUT2D eigenvalue weighted by atomic mass is 10.2. The van der Waals surface area contributed by atoms with Gasteiger partial charge in [-0.05, 0) is 33.2 Å². The first-order chi connectivity index (χ1) is 8.66. The lowest BCUT2D eigenvalue weighted by Gasteiger charge is -2.04. The van der Waals surface area contributed by atoms with Gasteiger partial charge >= 0.3 is 0 Å². The predicted molar refractivity (Wildman–Crippen MR) is 74.6 cm³/mol. The molecule has 0 aliphatic heterocycles. The van der Waals surface area contributed by atoms with Gasteiger partial charge in [-0.3, -0.25) is 5.10 Å². The second-order valence-electron chi connectivity index (χ2n) is 4.37. The van der Waals surface area contributed by atoms with Crippen LogP contribution in [-0.4, -0.2) is 21.7 Å². The Kier molecular flexibility index (Phi) is 4.33. The van der Waals surface area contributed by atoms with Crippen molar-refractivity contribution in [1.82, 2.24) is 20.5 Å². The lowest BCUT2D eigenvalue weighted by molar-refractivity contribution is 0.643. The van der Waals surface area contributed by atoms with E-state index in [9.17, 15) is 0 Å². The highest BCUT2D eigenvalue weighted by Crippen LogP contribution is 2.12. The van der Waals surface area contributed by atoms with Gasteiger partial charge in [0, 0.05) is 23.2 Å². The number of nitrogens with zero attached hydrogens (tertiary/aromatic N) is 2. The third-order valence-electron chi connectivity index (χ3n) is 2.94. The normalized spacial score (nSPS) is 11.0. The second kappa shape index (κ2) is 5.97. The Balaban J connectivity index is 1.67. The number of thiazole rings is 1. The van der Waals surface area contributed by atoms with Gasteiger partial charge in [0.25, 0.3) is 0 Å². The van der Waals surface area contributed by atoms with E-state index in [1.54, 1.807) is 0 Å². The number of anilines is 1. The van der Waals surface area contributed by atoms with Crippen LogP contribution in [0.25, 0.3) is 0 Å². The van der Waals surface area contributed by atoms with Crippen molar-refractivity contribution in [3.05, 3.63) is 28.0 Å². The van der Waals surface area contributed by atoms with Crippen LogP contribution in [0.1, 0.15) is 29.1 Å². The zero-order valence-electron chi connectivity index (χ0n) is 10.8. The SMILES string of the molecule is Cc1n[nH]c(C)c1CNCCCc1csc(N)n1. The molecule has 2 aromatic rings. The summed E-state index contributed by atoms with van der Waals surface area (Å²) in [5.41, 5.74) is 10.2. The Morgan fingerprint density at radius 3 is 2.89 bits per heavy atom. The molecule has 2 heterocycles. The minimum Gasteiger partial charge on any atom is -0.375 e. The lowest BCUT2D eigenvalue weighted by Crippen LogP contribution is -2.16. The molecule has 0 aromatic carbocycles. The molecule has 0 saturated heterocycles. The van der Waals surface area contributed by atoms with Crippen molar-refractivity contribution in [2.45, 2.75) is 33.2 Å². The largest absolute Gasteiger partial charge is 0.375 e. The molecule has 0 spiro atoms. The molecule has 0 saturated carbocycles. The van der Waals surface area contributed by atoms with Crippen LogP contribution in [0.3, 0.4) is 0 Å². The average Bonchev–Trinajstić information content (AvgIpc) is 2.88. The van der Waals surface area contributed by atoms with Gasteiger partial charge in [-0.25, -0.2) is 4.98 Å². The molecule has 0 fully saturated rings. The van der Waals surface area contributed by atoms with Gasteiger partial charge < -0.3 is 11.1 Å². The van der Waals surface area contributed by atoms with Gasteiger partial charge in [0.15, 0.2) is 5.13 Å². The Labute approximate surface area is 111 Å². The van der Waals surface area contributed by atoms with Gasteiger partial charge in [0.2, 0.25) is 0 Å². The van der Waals surface area contributed by atoms with Crippen molar-refractivity contribution in [3.63, 3.8) is 0 Å². The number of hydrogen-bond donors (Lipinski definition) is 3. The number of rotatable bonds is 6. The van der Waals surface area contributed by atoms with Gasteiger partial charge in [-0.2, -0.15) is 5.10 Å². The van der Waals surface area contributed by atoms with Crippen molar-refractivity contribution in [2.24, 2.45) is 0 Å². The van der Waals surface area contributed by atoms with Crippen molar-refractivity contribution in [3.8, 4) is 0 Å². The number of aromatic nitrogens is 3. The highest BCUT2D eigenvalue weighted by molar-refractivity contribution is 7.13. The van der Waals surface area contributed by atoms with Crippen LogP contribution in [0.2, 0.25) is 0 Å². The molecule has 0 aliphatic carbocycles. The number of hydrogen-bond acceptors (Lipinski definition) is 5. The van der Waals surface area contributed by atoms with Crippen molar-refractivity contribution in [2.75, 3.05) is 12.3 Å². The maximum atomic E-state index is 5.59. The minimum atomic E-state index is 0.655. The summed E-state index contributed by atoms with van der Waals surface area (Å²) in [6.07, 6.45) is 2.04. The summed E-state index contributed by atoms with van der Waals surface area (Å²) < 4.78 is 0. The predicted octanol–water partition coefficient (Wildman–Crippen LogP) is 1.79. The smallest absolute Gasteiger partial charge is 0.180 e. The van der Waals surface area contributed by atoms with E-state index in [4.69, 9.17) is 5.73 Å². The maximum absolute atomic E-state index is 5.59. The molecule has 0 atom stereocenters. The maximum Gasteiger partial charge on any atom is 0.180 e. The highest BCUT2D eigenvalue weighted by Gasteiger charge is 2.05. The van der Waals surface area contributed by atoms with E-state index < -0.39 is 0 Å². The van der Waals surface area contributed by atoms with Crippen LogP contribution >= 0.6 is 11.3 Å². The number of aromatic amines is 1. The summed E-state index contributed by atoms with van der Waals surface area (Å²) in [5.74, 6) is 0. The number of nitrogen functional groups attached to an aromatic ring is 1. The van der Waals surface area contributed by atoms with E-state index in [0.717, 1.165) is 43.0 Å². The Bertz CT molecular complexity index is 483. The first-order valence-electron chi connectivity index (χ1n) is 6.08. The van der Waals surface area contributed by atoms with Crippen LogP contribution in [0.15, 0.2) is 5.38 Å². The van der Waals surface area contributed by atoms with Gasteiger partial charge in [0.1, 0.15) is 0 Å². The molecule has 0 unspecified atom stereocenters. The summed E-state index contributed by atoms with van der Waals surface area (Å²) in [5, 5.41) is 13.3. The zero-order chi connectivity index (χ0) is 13.0. The average molecular weight is 265 g/mol. The van der Waals surface area contributed by atoms with E-state index in [0.29, 0.717) is 5.13 Å². The van der Waals surface area contributed by atoms with E-state index in [2.05, 4.69) is 27.4 Å². The fraction of sp³-hybridized carbons (Fsp3) is 0.500. The molecule has 0 radical (unpaired) electrons. The number of nitrogens with two attached hydrogens (primary N) is 1. The molecular formula is C12H19N5S. The molecule has 98 valence electrons.